The summed E-state index contributed by atoms with van der Waals surface area (Å²) >= 11 is 30.5. The van der Waals surface area contributed by atoms with Gasteiger partial charge in [0.1, 0.15) is 30.7 Å². The van der Waals surface area contributed by atoms with Crippen molar-refractivity contribution >= 4 is 218 Å². The fraction of sp³-hybridized carbons (Fsp3) is 0.449. The Hall–Kier alpha value is 2.66. The van der Waals surface area contributed by atoms with Gasteiger partial charge in [0.2, 0.25) is 0 Å². The number of alkyl halides is 1. The summed E-state index contributed by atoms with van der Waals surface area (Å²) in [6.07, 6.45) is 31.6. The Labute approximate surface area is 647 Å². The molecule has 0 radical (unpaired) electrons. The van der Waals surface area contributed by atoms with E-state index in [1.165, 1.54) is 107 Å². The van der Waals surface area contributed by atoms with E-state index in [0.717, 1.165) is 75.3 Å². The van der Waals surface area contributed by atoms with E-state index < -0.39 is 0 Å². The molecule has 2 aliphatic rings. The van der Waals surface area contributed by atoms with Crippen LogP contribution in [0.4, 0.5) is 0 Å². The van der Waals surface area contributed by atoms with Crippen LogP contribution in [-0.2, 0) is 211 Å². The SMILES string of the molecule is C#Cc1cc(C=O)cc(OC/C(C)=C/CC/C(C)=C/COC2CCCCO2)c1.C#Cc1cc(O)cc(C=O)c1.C/C(=C\CC/C(C)=C/COC1CCCCO1)CBr.O=CO[O-].S=S=S=S.S=S=S=S=S=S=S.S=S=S=S=S=S=S=S.[H-].[K+].[K+]. The van der Waals surface area contributed by atoms with Crippen molar-refractivity contribution in [1.29, 1.82) is 0 Å². The van der Waals surface area contributed by atoms with Gasteiger partial charge in [0.15, 0.2) is 12.6 Å². The molecule has 82 heavy (non-hydrogen) atoms. The van der Waals surface area contributed by atoms with Gasteiger partial charge in [-0.15, -0.1) is 12.8 Å². The number of allylic oxidation sites excluding steroid dienone is 5. The molecule has 2 heterocycles. The molecule has 2 unspecified atom stereocenters. The largest absolute Gasteiger partial charge is 1.00 e. The number of terminal acetylenes is 2. The van der Waals surface area contributed by atoms with Gasteiger partial charge in [0, 0.05) is 223 Å². The maximum atomic E-state index is 11.0. The van der Waals surface area contributed by atoms with Gasteiger partial charge in [0.25, 0.3) is 6.47 Å². The molecule has 0 amide bonds. The van der Waals surface area contributed by atoms with Crippen LogP contribution in [0, 0.1) is 24.7 Å². The van der Waals surface area contributed by atoms with E-state index in [4.69, 9.17) is 51.7 Å². The van der Waals surface area contributed by atoms with Crippen LogP contribution in [0.15, 0.2) is 83.0 Å². The number of phenolic OH excluding ortho intramolecular Hbond substituents is 1. The molecule has 33 heteroatoms. The summed E-state index contributed by atoms with van der Waals surface area (Å²) < 4.78 is 28.3. The van der Waals surface area contributed by atoms with Crippen LogP contribution in [0.2, 0.25) is 0 Å². The summed E-state index contributed by atoms with van der Waals surface area (Å²) in [6, 6.07) is 9.45. The second-order valence-corrected chi connectivity index (χ2v) is 38.7. The van der Waals surface area contributed by atoms with E-state index in [0.29, 0.717) is 54.1 Å². The number of phenols is 1. The van der Waals surface area contributed by atoms with Crippen LogP contribution in [0.1, 0.15) is 125 Å². The zero-order chi connectivity index (χ0) is 60.3. The molecule has 0 saturated carbocycles. The monoisotopic (exact) mass is 1590 g/mol. The molecular formula is C49H63BrK2O11S19. The molecule has 2 aliphatic heterocycles. The number of benzene rings is 2. The minimum absolute atomic E-state index is 0. The Kier molecular flexibility index (Phi) is 82.8. The quantitative estimate of drug-likeness (QED) is 0.0417. The van der Waals surface area contributed by atoms with E-state index in [-0.39, 0.29) is 129 Å². The zero-order valence-corrected chi connectivity index (χ0v) is 69.1. The third-order valence-corrected chi connectivity index (χ3v) is 32.3. The van der Waals surface area contributed by atoms with Crippen molar-refractivity contribution in [3.63, 3.8) is 0 Å². The first kappa shape index (κ1) is 93.4. The maximum absolute atomic E-state index is 11.0. The molecule has 2 atom stereocenters. The van der Waals surface area contributed by atoms with Crippen LogP contribution in [0.3, 0.4) is 0 Å². The third kappa shape index (κ3) is 64.2. The summed E-state index contributed by atoms with van der Waals surface area (Å²) in [4.78, 5) is 32.5. The summed E-state index contributed by atoms with van der Waals surface area (Å²) in [5, 5.41) is 18.4. The number of halogens is 1. The Bertz CT molecular complexity index is 2900. The molecule has 2 fully saturated rings. The minimum Gasteiger partial charge on any atom is -1.00 e. The summed E-state index contributed by atoms with van der Waals surface area (Å²) in [5.41, 5.74) is 7.29. The average molecular weight is 1600 g/mol. The topological polar surface area (TPSA) is 150 Å². The normalized spacial score (nSPS) is 13.8. The van der Waals surface area contributed by atoms with Gasteiger partial charge < -0.3 is 40.4 Å². The van der Waals surface area contributed by atoms with Gasteiger partial charge >= 0.3 is 103 Å². The maximum Gasteiger partial charge on any atom is 1.00 e. The molecule has 2 saturated heterocycles. The molecule has 0 aliphatic carbocycles. The van der Waals surface area contributed by atoms with Crippen LogP contribution in [-0.4, -0.2) is 75.1 Å². The standard InChI is InChI=1S/C24H30O4.C15H25BrO2.C9H6O2.CH2O3.2K.S8.S7.S4.H/c1-4-21-14-22(17-25)16-23(15-21)28-18-20(3)9-7-8-19(2)11-13-27-24-10-5-6-12-26-24;1-13(6-5-7-14(2)12-16)9-11-18-15-8-3-4-10-17-15;1-2-7-3-8(6-10)5-9(11)4-7;2-1-4-3;;;1-3-5-7-8-6-4-2;1-3-5-7-6-4-2;1-3-4-2;/h1,9,11,14-17,24H,5-8,10,12-13,18H2,2-3H3;7,9,15H,3-6,8,10-12H2,1-2H3;1,3-6,11H;1,3H;;;;;;/q;;;;2*+1;;;;-1/p-1/b19-11+,20-9+;13-9+,14-7+;;;;;;;;. The molecule has 0 bridgehead atoms. The van der Waals surface area contributed by atoms with E-state index in [1.807, 2.05) is 6.92 Å². The summed E-state index contributed by atoms with van der Waals surface area (Å²) in [5.74, 6) is 5.49. The second-order valence-electron chi connectivity index (χ2n) is 15.2. The average Bonchev–Trinajstić information content (AvgIpc) is 3.48. The zero-order valence-electron chi connectivity index (χ0n) is 46.8. The number of ether oxygens (including phenoxy) is 5. The van der Waals surface area contributed by atoms with Crippen molar-refractivity contribution in [2.45, 2.75) is 104 Å². The fourth-order valence-corrected chi connectivity index (χ4v) is 25.0. The number of carbonyl (C=O) groups excluding carboxylic acids is 3. The Morgan fingerprint density at radius 2 is 1.05 bits per heavy atom. The Morgan fingerprint density at radius 1 is 0.634 bits per heavy atom. The van der Waals surface area contributed by atoms with E-state index in [2.05, 4.69) is 145 Å². The number of aldehydes is 2. The molecule has 1 N–H and O–H groups in total. The molecule has 2 aromatic rings. The molecular weight excluding hydrogens is 1530 g/mol. The van der Waals surface area contributed by atoms with E-state index in [9.17, 15) is 9.59 Å². The Morgan fingerprint density at radius 3 is 1.41 bits per heavy atom. The molecule has 4 rings (SSSR count). The smallest absolute Gasteiger partial charge is 1.00 e. The molecule has 0 aromatic heterocycles. The number of hydrogen-bond donors (Lipinski definition) is 1. The van der Waals surface area contributed by atoms with Gasteiger partial charge in [0.05, 0.1) is 13.2 Å². The van der Waals surface area contributed by atoms with Gasteiger partial charge in [-0.3, -0.25) is 14.4 Å². The van der Waals surface area contributed by atoms with Gasteiger partial charge in [-0.05, 0) is 134 Å². The first-order valence-electron chi connectivity index (χ1n) is 23.0. The predicted molar refractivity (Wildman–Crippen MR) is 381 cm³/mol. The van der Waals surface area contributed by atoms with Crippen LogP contribution < -0.4 is 113 Å². The van der Waals surface area contributed by atoms with Crippen molar-refractivity contribution in [3.8, 4) is 36.2 Å². The van der Waals surface area contributed by atoms with Crippen molar-refractivity contribution in [3.05, 3.63) is 105 Å². The van der Waals surface area contributed by atoms with Gasteiger partial charge in [-0.1, -0.05) is 68.8 Å². The van der Waals surface area contributed by atoms with Gasteiger partial charge in [-0.2, -0.15) is 0 Å². The van der Waals surface area contributed by atoms with Crippen LogP contribution in [0.25, 0.3) is 0 Å². The summed E-state index contributed by atoms with van der Waals surface area (Å²) in [6.45, 7) is 11.7. The van der Waals surface area contributed by atoms with Crippen LogP contribution >= 0.6 is 15.9 Å². The number of hydrogen-bond acceptors (Lipinski definition) is 17. The molecule has 11 nitrogen and oxygen atoms in total. The number of aromatic hydroxyl groups is 1. The second kappa shape index (κ2) is 72.7. The van der Waals surface area contributed by atoms with Crippen molar-refractivity contribution < 1.29 is 158 Å². The van der Waals surface area contributed by atoms with Crippen LogP contribution in [0.5, 0.6) is 11.5 Å². The molecule has 0 spiro atoms. The summed E-state index contributed by atoms with van der Waals surface area (Å²) in [7, 11) is 18.8. The predicted octanol–water partition coefficient (Wildman–Crippen LogP) is 3.37. The molecule has 448 valence electrons. The van der Waals surface area contributed by atoms with Gasteiger partial charge in [-0.25, -0.2) is 0 Å². The number of rotatable bonds is 19. The first-order valence-corrected chi connectivity index (χ1v) is 45.4. The molecule has 2 aromatic carbocycles. The fourth-order valence-electron chi connectivity index (χ4n) is 5.61. The van der Waals surface area contributed by atoms with Crippen molar-refractivity contribution in [2.24, 2.45) is 0 Å². The number of carbonyl (C=O) groups is 3. The third-order valence-electron chi connectivity index (χ3n) is 9.24. The van der Waals surface area contributed by atoms with Crippen molar-refractivity contribution in [1.82, 2.24) is 0 Å². The first-order chi connectivity index (χ1) is 38.7. The van der Waals surface area contributed by atoms with E-state index >= 15 is 0 Å². The van der Waals surface area contributed by atoms with Crippen molar-refractivity contribution in [2.75, 3.05) is 38.4 Å². The Balaban J connectivity index is -0.000000232. The van der Waals surface area contributed by atoms with E-state index in [1.54, 1.807) is 80.4 Å². The minimum atomic E-state index is -0.181.